The number of carboxylic acid groups (broad SMARTS) is 1. The van der Waals surface area contributed by atoms with Gasteiger partial charge in [-0.15, -0.1) is 0 Å². The molecule has 2 N–H and O–H groups in total. The number of carboxylic acids is 1. The summed E-state index contributed by atoms with van der Waals surface area (Å²) in [6, 6.07) is 1.35. The first-order valence-corrected chi connectivity index (χ1v) is 4.15. The first-order chi connectivity index (χ1) is 6.54. The van der Waals surface area contributed by atoms with E-state index >= 15 is 0 Å². The van der Waals surface area contributed by atoms with Crippen LogP contribution in [-0.2, 0) is 13.2 Å². The Hall–Kier alpha value is -1.33. The highest BCUT2D eigenvalue weighted by atomic mass is 16.4. The van der Waals surface area contributed by atoms with Gasteiger partial charge in [-0.3, -0.25) is 0 Å². The highest BCUT2D eigenvalue weighted by Gasteiger charge is 2.16. The monoisotopic (exact) mass is 199 g/mol. The van der Waals surface area contributed by atoms with Crippen molar-refractivity contribution in [1.82, 2.24) is 4.90 Å². The summed E-state index contributed by atoms with van der Waals surface area (Å²) in [5.41, 5.74) is 0.114. The number of nitrogens with zero attached hydrogens (tertiary/aromatic N) is 1. The predicted molar refractivity (Wildman–Crippen MR) is 49.0 cm³/mol. The van der Waals surface area contributed by atoms with Crippen LogP contribution in [0.5, 0.6) is 0 Å². The molecule has 0 aliphatic carbocycles. The predicted octanol–water partition coefficient (Wildman–Crippen LogP) is 0.532. The number of hydrogen-bond donors (Lipinski definition) is 2. The van der Waals surface area contributed by atoms with E-state index in [-0.39, 0.29) is 17.9 Å². The van der Waals surface area contributed by atoms with Crippen molar-refractivity contribution in [2.75, 3.05) is 14.1 Å². The van der Waals surface area contributed by atoms with Gasteiger partial charge in [0.2, 0.25) is 0 Å². The Bertz CT molecular complexity index is 330. The van der Waals surface area contributed by atoms with E-state index in [2.05, 4.69) is 0 Å². The minimum absolute atomic E-state index is 0.114. The summed E-state index contributed by atoms with van der Waals surface area (Å²) in [4.78, 5) is 12.6. The lowest BCUT2D eigenvalue weighted by Crippen LogP contribution is -2.12. The normalized spacial score (nSPS) is 10.9. The van der Waals surface area contributed by atoms with Gasteiger partial charge >= 0.3 is 5.97 Å². The number of aromatic carboxylic acids is 1. The number of carbonyl (C=O) groups is 1. The second kappa shape index (κ2) is 4.26. The van der Waals surface area contributed by atoms with Gasteiger partial charge in [0.15, 0.2) is 0 Å². The van der Waals surface area contributed by atoms with Crippen LogP contribution in [0.1, 0.15) is 21.9 Å². The lowest BCUT2D eigenvalue weighted by molar-refractivity contribution is 0.0693. The van der Waals surface area contributed by atoms with E-state index in [9.17, 15) is 4.79 Å². The quantitative estimate of drug-likeness (QED) is 0.740. The summed E-state index contributed by atoms with van der Waals surface area (Å²) >= 11 is 0. The molecule has 0 amide bonds. The maximum atomic E-state index is 10.8. The third-order valence-electron chi connectivity index (χ3n) is 1.71. The number of furan rings is 1. The molecule has 0 spiro atoms. The summed E-state index contributed by atoms with van der Waals surface area (Å²) in [5, 5.41) is 17.6. The lowest BCUT2D eigenvalue weighted by Gasteiger charge is -2.06. The molecule has 0 saturated heterocycles. The Kier molecular flexibility index (Phi) is 3.27. The van der Waals surface area contributed by atoms with E-state index in [0.29, 0.717) is 12.3 Å². The lowest BCUT2D eigenvalue weighted by atomic mass is 10.2. The molecule has 0 bridgehead atoms. The molecule has 78 valence electrons. The minimum atomic E-state index is -1.04. The zero-order valence-corrected chi connectivity index (χ0v) is 8.15. The molecule has 0 radical (unpaired) electrons. The molecule has 5 heteroatoms. The van der Waals surface area contributed by atoms with E-state index in [1.54, 1.807) is 4.90 Å². The molecule has 0 fully saturated rings. The first-order valence-electron chi connectivity index (χ1n) is 4.15. The third-order valence-corrected chi connectivity index (χ3v) is 1.71. The maximum absolute atomic E-state index is 10.8. The van der Waals surface area contributed by atoms with Gasteiger partial charge < -0.3 is 19.5 Å². The van der Waals surface area contributed by atoms with Gasteiger partial charge in [0.25, 0.3) is 0 Å². The molecule has 0 saturated carbocycles. The summed E-state index contributed by atoms with van der Waals surface area (Å²) in [6.07, 6.45) is 0. The summed E-state index contributed by atoms with van der Waals surface area (Å²) in [7, 11) is 3.62. The second-order valence-electron chi connectivity index (χ2n) is 3.25. The van der Waals surface area contributed by atoms with Crippen LogP contribution in [0.4, 0.5) is 0 Å². The van der Waals surface area contributed by atoms with Gasteiger partial charge in [-0.1, -0.05) is 0 Å². The molecule has 0 unspecified atom stereocenters. The zero-order valence-electron chi connectivity index (χ0n) is 8.15. The molecule has 1 rings (SSSR count). The SMILES string of the molecule is CN(C)Cc1oc(CO)cc1C(=O)O. The van der Waals surface area contributed by atoms with Crippen molar-refractivity contribution in [2.45, 2.75) is 13.2 Å². The molecule has 0 aliphatic rings. The van der Waals surface area contributed by atoms with E-state index < -0.39 is 5.97 Å². The fourth-order valence-electron chi connectivity index (χ4n) is 1.15. The summed E-state index contributed by atoms with van der Waals surface area (Å²) in [5.74, 6) is -0.392. The van der Waals surface area contributed by atoms with Gasteiger partial charge in [-0.25, -0.2) is 4.79 Å². The van der Waals surface area contributed by atoms with Crippen LogP contribution in [0.25, 0.3) is 0 Å². The van der Waals surface area contributed by atoms with Crippen molar-refractivity contribution in [2.24, 2.45) is 0 Å². The number of rotatable bonds is 4. The standard InChI is InChI=1S/C9H13NO4/c1-10(2)4-8-7(9(12)13)3-6(5-11)14-8/h3,11H,4-5H2,1-2H3,(H,12,13). The molecule has 0 aromatic carbocycles. The van der Waals surface area contributed by atoms with Gasteiger partial charge in [0.05, 0.1) is 6.54 Å². The fourth-order valence-corrected chi connectivity index (χ4v) is 1.15. The van der Waals surface area contributed by atoms with Crippen LogP contribution in [0, 0.1) is 0 Å². The molecule has 5 nitrogen and oxygen atoms in total. The molecule has 0 aliphatic heterocycles. The zero-order chi connectivity index (χ0) is 10.7. The van der Waals surface area contributed by atoms with E-state index in [4.69, 9.17) is 14.6 Å². The number of aliphatic hydroxyl groups excluding tert-OH is 1. The van der Waals surface area contributed by atoms with Crippen LogP contribution in [-0.4, -0.2) is 35.2 Å². The Morgan fingerprint density at radius 1 is 1.57 bits per heavy atom. The van der Waals surface area contributed by atoms with Crippen molar-refractivity contribution in [3.63, 3.8) is 0 Å². The van der Waals surface area contributed by atoms with Crippen LogP contribution in [0.15, 0.2) is 10.5 Å². The fraction of sp³-hybridized carbons (Fsp3) is 0.444. The van der Waals surface area contributed by atoms with Crippen LogP contribution >= 0.6 is 0 Å². The average Bonchev–Trinajstić information content (AvgIpc) is 2.46. The molecule has 1 aromatic rings. The Balaban J connectivity index is 2.99. The molecule has 14 heavy (non-hydrogen) atoms. The third kappa shape index (κ3) is 2.34. The van der Waals surface area contributed by atoms with Gasteiger partial charge in [-0.2, -0.15) is 0 Å². The Morgan fingerprint density at radius 2 is 2.21 bits per heavy atom. The van der Waals surface area contributed by atoms with Crippen molar-refractivity contribution < 1.29 is 19.4 Å². The van der Waals surface area contributed by atoms with Crippen LogP contribution in [0.3, 0.4) is 0 Å². The van der Waals surface area contributed by atoms with E-state index in [1.165, 1.54) is 6.07 Å². The Labute approximate surface area is 81.6 Å². The van der Waals surface area contributed by atoms with Crippen molar-refractivity contribution >= 4 is 5.97 Å². The first kappa shape index (κ1) is 10.7. The highest BCUT2D eigenvalue weighted by Crippen LogP contribution is 2.16. The molecule has 1 heterocycles. The molecule has 0 atom stereocenters. The number of hydrogen-bond acceptors (Lipinski definition) is 4. The maximum Gasteiger partial charge on any atom is 0.339 e. The molecule has 1 aromatic heterocycles. The second-order valence-corrected chi connectivity index (χ2v) is 3.25. The molecular formula is C9H13NO4. The van der Waals surface area contributed by atoms with Gasteiger partial charge in [-0.05, 0) is 20.2 Å². The van der Waals surface area contributed by atoms with Crippen molar-refractivity contribution in [3.05, 3.63) is 23.2 Å². The van der Waals surface area contributed by atoms with E-state index in [1.807, 2.05) is 14.1 Å². The molecular weight excluding hydrogens is 186 g/mol. The Morgan fingerprint density at radius 3 is 2.64 bits per heavy atom. The summed E-state index contributed by atoms with van der Waals surface area (Å²) < 4.78 is 5.16. The van der Waals surface area contributed by atoms with E-state index in [0.717, 1.165) is 0 Å². The summed E-state index contributed by atoms with van der Waals surface area (Å²) in [6.45, 7) is 0.120. The van der Waals surface area contributed by atoms with Crippen LogP contribution < -0.4 is 0 Å². The average molecular weight is 199 g/mol. The van der Waals surface area contributed by atoms with Crippen LogP contribution in [0.2, 0.25) is 0 Å². The smallest absolute Gasteiger partial charge is 0.339 e. The highest BCUT2D eigenvalue weighted by molar-refractivity contribution is 5.88. The number of aliphatic hydroxyl groups is 1. The van der Waals surface area contributed by atoms with Crippen molar-refractivity contribution in [1.29, 1.82) is 0 Å². The minimum Gasteiger partial charge on any atom is -0.478 e. The van der Waals surface area contributed by atoms with Gasteiger partial charge in [0.1, 0.15) is 23.7 Å². The topological polar surface area (TPSA) is 73.9 Å². The largest absolute Gasteiger partial charge is 0.478 e. The van der Waals surface area contributed by atoms with Crippen molar-refractivity contribution in [3.8, 4) is 0 Å². The van der Waals surface area contributed by atoms with Gasteiger partial charge in [0, 0.05) is 0 Å².